The molecule has 0 saturated heterocycles. The molecule has 0 aliphatic rings. The van der Waals surface area contributed by atoms with Gasteiger partial charge in [0, 0.05) is 22.7 Å². The Kier molecular flexibility index (Phi) is 4.02. The molecule has 1 aromatic heterocycles. The minimum absolute atomic E-state index is 0.125. The number of hydrogen-bond acceptors (Lipinski definition) is 4. The molecule has 1 aromatic carbocycles. The molecule has 0 fully saturated rings. The molecule has 0 bridgehead atoms. The summed E-state index contributed by atoms with van der Waals surface area (Å²) in [6.07, 6.45) is 1.72. The lowest BCUT2D eigenvalue weighted by molar-refractivity contribution is 0.423. The van der Waals surface area contributed by atoms with Crippen molar-refractivity contribution in [3.63, 3.8) is 0 Å². The highest BCUT2D eigenvalue weighted by molar-refractivity contribution is 7.11. The highest BCUT2D eigenvalue weighted by Gasteiger charge is 2.26. The Bertz CT molecular complexity index is 619. The van der Waals surface area contributed by atoms with Crippen molar-refractivity contribution < 1.29 is 9.84 Å². The number of thiazole rings is 1. The summed E-state index contributed by atoms with van der Waals surface area (Å²) in [5.41, 5.74) is 1.58. The third-order valence-electron chi connectivity index (χ3n) is 3.32. The van der Waals surface area contributed by atoms with Gasteiger partial charge in [0.25, 0.3) is 5.19 Å². The third kappa shape index (κ3) is 3.56. The normalized spacial score (nSPS) is 12.5. The quantitative estimate of drug-likeness (QED) is 0.825. The van der Waals surface area contributed by atoms with Crippen LogP contribution in [0.1, 0.15) is 52.7 Å². The smallest absolute Gasteiger partial charge is 0.278 e. The first kappa shape index (κ1) is 15.8. The van der Waals surface area contributed by atoms with Crippen LogP contribution in [0.2, 0.25) is 0 Å². The van der Waals surface area contributed by atoms with Gasteiger partial charge in [-0.05, 0) is 23.0 Å². The first-order chi connectivity index (χ1) is 9.59. The zero-order valence-corrected chi connectivity index (χ0v) is 14.3. The van der Waals surface area contributed by atoms with Crippen LogP contribution in [0.15, 0.2) is 23.7 Å². The van der Waals surface area contributed by atoms with Crippen molar-refractivity contribution in [3.8, 4) is 16.7 Å². The van der Waals surface area contributed by atoms with E-state index in [1.54, 1.807) is 6.20 Å². The van der Waals surface area contributed by atoms with E-state index in [1.807, 2.05) is 17.5 Å². The van der Waals surface area contributed by atoms with Crippen LogP contribution < -0.4 is 4.74 Å². The molecular formula is C17H23NO2S. The van der Waals surface area contributed by atoms with E-state index in [0.717, 1.165) is 16.9 Å². The lowest BCUT2D eigenvalue weighted by Gasteiger charge is -2.27. The number of nitrogens with zero attached hydrogens (tertiary/aromatic N) is 1. The van der Waals surface area contributed by atoms with E-state index >= 15 is 0 Å². The summed E-state index contributed by atoms with van der Waals surface area (Å²) in [7, 11) is 0. The van der Waals surface area contributed by atoms with Crippen LogP contribution in [0.5, 0.6) is 16.7 Å². The molecule has 114 valence electrons. The van der Waals surface area contributed by atoms with Gasteiger partial charge >= 0.3 is 0 Å². The Balaban J connectivity index is 2.58. The average Bonchev–Trinajstić information content (AvgIpc) is 2.81. The molecule has 0 atom stereocenters. The van der Waals surface area contributed by atoms with E-state index in [1.165, 1.54) is 11.3 Å². The Morgan fingerprint density at radius 1 is 1.00 bits per heavy atom. The molecule has 2 aromatic rings. The number of aromatic hydroxyl groups is 1. The van der Waals surface area contributed by atoms with E-state index in [0.29, 0.717) is 10.9 Å². The molecule has 0 saturated carbocycles. The summed E-state index contributed by atoms with van der Waals surface area (Å²) >= 11 is 1.46. The summed E-state index contributed by atoms with van der Waals surface area (Å²) in [5.74, 6) is 1.08. The predicted octanol–water partition coefficient (Wildman–Crippen LogP) is 5.24. The van der Waals surface area contributed by atoms with Gasteiger partial charge < -0.3 is 9.84 Å². The van der Waals surface area contributed by atoms with E-state index in [-0.39, 0.29) is 10.8 Å². The molecule has 0 amide bonds. The van der Waals surface area contributed by atoms with Crippen LogP contribution in [0.3, 0.4) is 0 Å². The predicted molar refractivity (Wildman–Crippen MR) is 87.7 cm³/mol. The number of ether oxygens (including phenoxy) is 1. The molecular weight excluding hydrogens is 282 g/mol. The SMILES string of the molecule is CC(C)(C)c1cc(Oc2nccs2)c(C(C)(C)C)cc1O. The van der Waals surface area contributed by atoms with Crippen molar-refractivity contribution in [1.82, 2.24) is 4.98 Å². The molecule has 0 radical (unpaired) electrons. The zero-order chi connectivity index (χ0) is 15.8. The number of phenols is 1. The minimum atomic E-state index is -0.151. The van der Waals surface area contributed by atoms with E-state index in [4.69, 9.17) is 4.74 Å². The number of rotatable bonds is 2. The van der Waals surface area contributed by atoms with Gasteiger partial charge in [0.05, 0.1) is 0 Å². The van der Waals surface area contributed by atoms with E-state index in [2.05, 4.69) is 46.5 Å². The van der Waals surface area contributed by atoms with Gasteiger partial charge in [-0.1, -0.05) is 52.9 Å². The highest BCUT2D eigenvalue weighted by Crippen LogP contribution is 2.42. The van der Waals surface area contributed by atoms with Gasteiger partial charge in [0.1, 0.15) is 11.5 Å². The summed E-state index contributed by atoms with van der Waals surface area (Å²) in [4.78, 5) is 4.18. The van der Waals surface area contributed by atoms with Crippen LogP contribution >= 0.6 is 11.3 Å². The average molecular weight is 305 g/mol. The monoisotopic (exact) mass is 305 g/mol. The molecule has 4 heteroatoms. The fourth-order valence-electron chi connectivity index (χ4n) is 2.19. The maximum atomic E-state index is 10.4. The minimum Gasteiger partial charge on any atom is -0.508 e. The molecule has 1 heterocycles. The van der Waals surface area contributed by atoms with Gasteiger partial charge in [-0.2, -0.15) is 0 Å². The fourth-order valence-corrected chi connectivity index (χ4v) is 2.69. The van der Waals surface area contributed by atoms with Gasteiger partial charge in [-0.3, -0.25) is 0 Å². The van der Waals surface area contributed by atoms with Crippen molar-refractivity contribution in [3.05, 3.63) is 34.8 Å². The maximum Gasteiger partial charge on any atom is 0.278 e. The second kappa shape index (κ2) is 5.34. The van der Waals surface area contributed by atoms with Crippen LogP contribution in [-0.2, 0) is 10.8 Å². The van der Waals surface area contributed by atoms with Crippen molar-refractivity contribution in [2.75, 3.05) is 0 Å². The molecule has 2 rings (SSSR count). The van der Waals surface area contributed by atoms with Crippen LogP contribution in [-0.4, -0.2) is 10.1 Å². The number of hydrogen-bond donors (Lipinski definition) is 1. The maximum absolute atomic E-state index is 10.4. The molecule has 0 aliphatic carbocycles. The molecule has 0 spiro atoms. The number of benzene rings is 1. The van der Waals surface area contributed by atoms with Crippen molar-refractivity contribution in [1.29, 1.82) is 0 Å². The second-order valence-electron chi connectivity index (χ2n) is 7.27. The molecule has 1 N–H and O–H groups in total. The number of phenolic OH excluding ortho intramolecular Hbond substituents is 1. The Morgan fingerprint density at radius 2 is 1.62 bits per heavy atom. The fraction of sp³-hybridized carbons (Fsp3) is 0.471. The summed E-state index contributed by atoms with van der Waals surface area (Å²) in [5, 5.41) is 12.9. The third-order valence-corrected chi connectivity index (χ3v) is 3.97. The molecule has 21 heavy (non-hydrogen) atoms. The second-order valence-corrected chi connectivity index (χ2v) is 8.12. The lowest BCUT2D eigenvalue weighted by Crippen LogP contribution is -2.16. The topological polar surface area (TPSA) is 42.4 Å². The van der Waals surface area contributed by atoms with Gasteiger partial charge in [0.2, 0.25) is 0 Å². The van der Waals surface area contributed by atoms with Crippen molar-refractivity contribution in [2.45, 2.75) is 52.4 Å². The largest absolute Gasteiger partial charge is 0.508 e. The summed E-state index contributed by atoms with van der Waals surface area (Å²) in [6, 6.07) is 3.76. The Hall–Kier alpha value is -1.55. The van der Waals surface area contributed by atoms with Gasteiger partial charge in [0.15, 0.2) is 0 Å². The van der Waals surface area contributed by atoms with Gasteiger partial charge in [-0.25, -0.2) is 4.98 Å². The Morgan fingerprint density at radius 3 is 2.10 bits per heavy atom. The van der Waals surface area contributed by atoms with Crippen molar-refractivity contribution in [2.24, 2.45) is 0 Å². The standard InChI is InChI=1S/C17H23NO2S/c1-16(2,3)11-10-14(20-15-18-7-8-21-15)12(9-13(11)19)17(4,5)6/h7-10,19H,1-6H3. The zero-order valence-electron chi connectivity index (χ0n) is 13.5. The molecule has 0 unspecified atom stereocenters. The van der Waals surface area contributed by atoms with Crippen LogP contribution in [0.4, 0.5) is 0 Å². The van der Waals surface area contributed by atoms with E-state index < -0.39 is 0 Å². The summed E-state index contributed by atoms with van der Waals surface area (Å²) < 4.78 is 5.96. The lowest BCUT2D eigenvalue weighted by atomic mass is 9.81. The highest BCUT2D eigenvalue weighted by atomic mass is 32.1. The van der Waals surface area contributed by atoms with E-state index in [9.17, 15) is 5.11 Å². The van der Waals surface area contributed by atoms with Crippen molar-refractivity contribution >= 4 is 11.3 Å². The molecule has 3 nitrogen and oxygen atoms in total. The van der Waals surface area contributed by atoms with Crippen LogP contribution in [0.25, 0.3) is 0 Å². The first-order valence-electron chi connectivity index (χ1n) is 7.04. The summed E-state index contributed by atoms with van der Waals surface area (Å²) in [6.45, 7) is 12.5. The Labute approximate surface area is 130 Å². The van der Waals surface area contributed by atoms with Gasteiger partial charge in [-0.15, -0.1) is 0 Å². The number of aromatic nitrogens is 1. The van der Waals surface area contributed by atoms with Crippen LogP contribution in [0, 0.1) is 0 Å². The molecule has 0 aliphatic heterocycles. The first-order valence-corrected chi connectivity index (χ1v) is 7.92.